The van der Waals surface area contributed by atoms with Crippen molar-refractivity contribution in [2.45, 2.75) is 32.2 Å². The lowest BCUT2D eigenvalue weighted by Crippen LogP contribution is -2.24. The summed E-state index contributed by atoms with van der Waals surface area (Å²) in [6.45, 7) is 0.760. The minimum atomic E-state index is -0.134. The van der Waals surface area contributed by atoms with Crippen LogP contribution < -0.4 is 4.74 Å². The first-order chi connectivity index (χ1) is 11.8. The van der Waals surface area contributed by atoms with Gasteiger partial charge in [-0.05, 0) is 36.6 Å². The van der Waals surface area contributed by atoms with Crippen molar-refractivity contribution in [3.05, 3.63) is 54.2 Å². The third-order valence-corrected chi connectivity index (χ3v) is 4.49. The smallest absolute Gasteiger partial charge is 0.199 e. The van der Waals surface area contributed by atoms with Crippen LogP contribution in [0.25, 0.3) is 22.0 Å². The summed E-state index contributed by atoms with van der Waals surface area (Å²) < 4.78 is 11.5. The van der Waals surface area contributed by atoms with Gasteiger partial charge in [-0.2, -0.15) is 0 Å². The van der Waals surface area contributed by atoms with Crippen molar-refractivity contribution < 1.29 is 14.6 Å². The molecule has 4 rings (SSSR count). The molecule has 1 aromatic heterocycles. The molecule has 0 aliphatic carbocycles. The number of rotatable bonds is 4. The lowest BCUT2D eigenvalue weighted by molar-refractivity contribution is -0.105. The van der Waals surface area contributed by atoms with Crippen molar-refractivity contribution in [3.8, 4) is 16.9 Å². The van der Waals surface area contributed by atoms with Crippen LogP contribution in [0.4, 0.5) is 0 Å². The Morgan fingerprint density at radius 2 is 1.92 bits per heavy atom. The van der Waals surface area contributed by atoms with E-state index in [0.29, 0.717) is 0 Å². The van der Waals surface area contributed by atoms with E-state index in [4.69, 9.17) is 9.47 Å². The van der Waals surface area contributed by atoms with Crippen molar-refractivity contribution >= 4 is 10.9 Å². The first-order valence-corrected chi connectivity index (χ1v) is 8.44. The number of aliphatic hydroxyl groups is 1. The summed E-state index contributed by atoms with van der Waals surface area (Å²) in [4.78, 5) is 3.29. The maximum atomic E-state index is 9.68. The van der Waals surface area contributed by atoms with Crippen LogP contribution in [0.1, 0.15) is 25.0 Å². The van der Waals surface area contributed by atoms with Crippen LogP contribution in [0.15, 0.2) is 48.5 Å². The Hall–Kier alpha value is -2.30. The predicted octanol–water partition coefficient (Wildman–Crippen LogP) is 4.23. The van der Waals surface area contributed by atoms with E-state index in [1.54, 1.807) is 0 Å². The molecule has 1 unspecified atom stereocenters. The lowest BCUT2D eigenvalue weighted by atomic mass is 10.0. The number of hydrogen-bond donors (Lipinski definition) is 2. The van der Waals surface area contributed by atoms with Crippen molar-refractivity contribution in [2.75, 3.05) is 6.61 Å². The summed E-state index contributed by atoms with van der Waals surface area (Å²) in [5, 5.41) is 10.8. The molecule has 0 bridgehead atoms. The van der Waals surface area contributed by atoms with Crippen LogP contribution in [0.5, 0.6) is 5.75 Å². The van der Waals surface area contributed by atoms with Crippen molar-refractivity contribution in [3.63, 3.8) is 0 Å². The molecular weight excluding hydrogens is 302 g/mol. The number of nitrogens with one attached hydrogen (secondary N) is 1. The van der Waals surface area contributed by atoms with Gasteiger partial charge in [0.05, 0.1) is 13.2 Å². The van der Waals surface area contributed by atoms with Gasteiger partial charge in [0.15, 0.2) is 6.29 Å². The number of aliphatic hydroxyl groups excluding tert-OH is 1. The van der Waals surface area contributed by atoms with Gasteiger partial charge < -0.3 is 19.6 Å². The molecule has 1 atom stereocenters. The maximum Gasteiger partial charge on any atom is 0.199 e. The second-order valence-corrected chi connectivity index (χ2v) is 6.12. The summed E-state index contributed by atoms with van der Waals surface area (Å²) in [5.41, 5.74) is 3.98. The average Bonchev–Trinajstić information content (AvgIpc) is 3.02. The molecule has 4 nitrogen and oxygen atoms in total. The Morgan fingerprint density at radius 1 is 1.08 bits per heavy atom. The molecule has 2 heterocycles. The summed E-state index contributed by atoms with van der Waals surface area (Å²) in [5.74, 6) is 0.816. The highest BCUT2D eigenvalue weighted by Crippen LogP contribution is 2.33. The summed E-state index contributed by atoms with van der Waals surface area (Å²) in [6, 6.07) is 16.1. The molecule has 0 radical (unpaired) electrons. The highest BCUT2D eigenvalue weighted by atomic mass is 16.7. The van der Waals surface area contributed by atoms with Crippen molar-refractivity contribution in [2.24, 2.45) is 0 Å². The highest BCUT2D eigenvalue weighted by Gasteiger charge is 2.16. The van der Waals surface area contributed by atoms with Crippen molar-refractivity contribution in [1.82, 2.24) is 4.98 Å². The average molecular weight is 323 g/mol. The van der Waals surface area contributed by atoms with E-state index < -0.39 is 0 Å². The van der Waals surface area contributed by atoms with Crippen LogP contribution in [0, 0.1) is 0 Å². The van der Waals surface area contributed by atoms with E-state index in [-0.39, 0.29) is 12.9 Å². The number of hydrogen-bond acceptors (Lipinski definition) is 3. The molecule has 2 aromatic carbocycles. The van der Waals surface area contributed by atoms with E-state index in [1.807, 2.05) is 42.5 Å². The standard InChI is InChI=1S/C20H21NO3/c22-13-18-20(16-5-1-2-6-17(16)21-18)14-8-10-15(11-9-14)24-19-7-3-4-12-23-19/h1-2,5-6,8-11,19,21-22H,3-4,7,12-13H2. The summed E-state index contributed by atoms with van der Waals surface area (Å²) in [7, 11) is 0. The van der Waals surface area contributed by atoms with Gasteiger partial charge in [0.1, 0.15) is 5.75 Å². The molecular formula is C20H21NO3. The fraction of sp³-hybridized carbons (Fsp3) is 0.300. The minimum Gasteiger partial charge on any atom is -0.465 e. The zero-order chi connectivity index (χ0) is 16.4. The number of aromatic amines is 1. The SMILES string of the molecule is OCc1[nH]c2ccccc2c1-c1ccc(OC2CCCCO2)cc1. The normalized spacial score (nSPS) is 18.0. The van der Waals surface area contributed by atoms with Gasteiger partial charge in [-0.15, -0.1) is 0 Å². The number of fused-ring (bicyclic) bond motifs is 1. The van der Waals surface area contributed by atoms with Gasteiger partial charge in [-0.1, -0.05) is 30.3 Å². The van der Waals surface area contributed by atoms with Crippen LogP contribution >= 0.6 is 0 Å². The molecule has 3 aromatic rings. The third kappa shape index (κ3) is 2.90. The zero-order valence-electron chi connectivity index (χ0n) is 13.5. The molecule has 1 aliphatic rings. The molecule has 2 N–H and O–H groups in total. The van der Waals surface area contributed by atoms with E-state index in [1.165, 1.54) is 0 Å². The van der Waals surface area contributed by atoms with Crippen LogP contribution in [-0.2, 0) is 11.3 Å². The summed E-state index contributed by atoms with van der Waals surface area (Å²) in [6.07, 6.45) is 3.07. The monoisotopic (exact) mass is 323 g/mol. The molecule has 0 saturated carbocycles. The Kier molecular flexibility index (Phi) is 4.24. The topological polar surface area (TPSA) is 54.5 Å². The molecule has 1 aliphatic heterocycles. The third-order valence-electron chi connectivity index (χ3n) is 4.49. The fourth-order valence-corrected chi connectivity index (χ4v) is 3.30. The molecule has 1 fully saturated rings. The Balaban J connectivity index is 1.63. The summed E-state index contributed by atoms with van der Waals surface area (Å²) >= 11 is 0. The molecule has 0 spiro atoms. The second kappa shape index (κ2) is 6.67. The fourth-order valence-electron chi connectivity index (χ4n) is 3.30. The Labute approximate surface area is 141 Å². The minimum absolute atomic E-state index is 0.0157. The molecule has 1 saturated heterocycles. The van der Waals surface area contributed by atoms with Crippen LogP contribution in [0.3, 0.4) is 0 Å². The number of aromatic nitrogens is 1. The van der Waals surface area contributed by atoms with E-state index in [0.717, 1.165) is 59.3 Å². The van der Waals surface area contributed by atoms with E-state index >= 15 is 0 Å². The molecule has 24 heavy (non-hydrogen) atoms. The van der Waals surface area contributed by atoms with Crippen molar-refractivity contribution in [1.29, 1.82) is 0 Å². The number of H-pyrrole nitrogens is 1. The van der Waals surface area contributed by atoms with Crippen LogP contribution in [0.2, 0.25) is 0 Å². The first kappa shape index (κ1) is 15.2. The van der Waals surface area contributed by atoms with Gasteiger partial charge >= 0.3 is 0 Å². The van der Waals surface area contributed by atoms with Gasteiger partial charge in [-0.25, -0.2) is 0 Å². The molecule has 4 heteroatoms. The predicted molar refractivity (Wildman–Crippen MR) is 93.9 cm³/mol. The number of ether oxygens (including phenoxy) is 2. The number of para-hydroxylation sites is 1. The zero-order valence-corrected chi connectivity index (χ0v) is 13.5. The Morgan fingerprint density at radius 3 is 2.67 bits per heavy atom. The quantitative estimate of drug-likeness (QED) is 0.755. The van der Waals surface area contributed by atoms with Crippen LogP contribution in [-0.4, -0.2) is 23.0 Å². The highest BCUT2D eigenvalue weighted by molar-refractivity contribution is 5.97. The Bertz CT molecular complexity index is 817. The lowest BCUT2D eigenvalue weighted by Gasteiger charge is -2.23. The maximum absolute atomic E-state index is 9.68. The second-order valence-electron chi connectivity index (χ2n) is 6.12. The largest absolute Gasteiger partial charge is 0.465 e. The molecule has 0 amide bonds. The van der Waals surface area contributed by atoms with E-state index in [9.17, 15) is 5.11 Å². The number of benzene rings is 2. The van der Waals surface area contributed by atoms with Gasteiger partial charge in [0, 0.05) is 28.6 Å². The molecule has 124 valence electrons. The van der Waals surface area contributed by atoms with Gasteiger partial charge in [-0.3, -0.25) is 0 Å². The first-order valence-electron chi connectivity index (χ1n) is 8.44. The van der Waals surface area contributed by atoms with E-state index in [2.05, 4.69) is 11.1 Å². The van der Waals surface area contributed by atoms with Gasteiger partial charge in [0.25, 0.3) is 0 Å². The van der Waals surface area contributed by atoms with Gasteiger partial charge in [0.2, 0.25) is 0 Å².